The zero-order valence-corrected chi connectivity index (χ0v) is 13.9. The van der Waals surface area contributed by atoms with E-state index < -0.39 is 58.4 Å². The Morgan fingerprint density at radius 1 is 1.00 bits per heavy atom. The molecule has 0 radical (unpaired) electrons. The van der Waals surface area contributed by atoms with Crippen molar-refractivity contribution in [3.63, 3.8) is 0 Å². The van der Waals surface area contributed by atoms with Gasteiger partial charge in [0.2, 0.25) is 11.8 Å². The van der Waals surface area contributed by atoms with Crippen molar-refractivity contribution in [3.05, 3.63) is 64.5 Å². The minimum atomic E-state index is -1.78. The fourth-order valence-electron chi connectivity index (χ4n) is 3.01. The van der Waals surface area contributed by atoms with Crippen LogP contribution >= 0.6 is 0 Å². The molecule has 0 aliphatic carbocycles. The second-order valence-corrected chi connectivity index (χ2v) is 6.12. The van der Waals surface area contributed by atoms with Crippen LogP contribution in [0.25, 0.3) is 0 Å². The van der Waals surface area contributed by atoms with Crippen LogP contribution in [0, 0.1) is 41.9 Å². The van der Waals surface area contributed by atoms with E-state index in [0.29, 0.717) is 6.07 Å². The van der Waals surface area contributed by atoms with Crippen molar-refractivity contribution in [3.8, 4) is 0 Å². The lowest BCUT2D eigenvalue weighted by molar-refractivity contribution is -0.130. The van der Waals surface area contributed by atoms with E-state index >= 15 is 0 Å². The molecule has 9 heteroatoms. The minimum Gasteiger partial charge on any atom is -0.355 e. The van der Waals surface area contributed by atoms with Gasteiger partial charge in [-0.2, -0.15) is 0 Å². The Balaban J connectivity index is 1.92. The van der Waals surface area contributed by atoms with Crippen LogP contribution in [0.3, 0.4) is 0 Å². The third kappa shape index (κ3) is 3.24. The molecule has 2 aromatic carbocycles. The minimum absolute atomic E-state index is 0.0573. The molecule has 0 aromatic heterocycles. The van der Waals surface area contributed by atoms with Gasteiger partial charge >= 0.3 is 0 Å². The van der Waals surface area contributed by atoms with E-state index in [-0.39, 0.29) is 17.7 Å². The van der Waals surface area contributed by atoms with E-state index in [2.05, 4.69) is 5.32 Å². The van der Waals surface area contributed by atoms with Crippen molar-refractivity contribution in [1.82, 2.24) is 5.32 Å². The molecule has 3 rings (SSSR count). The van der Waals surface area contributed by atoms with E-state index in [9.17, 15) is 31.5 Å². The molecule has 0 saturated carbocycles. The van der Waals surface area contributed by atoms with E-state index in [1.165, 1.54) is 6.92 Å². The summed E-state index contributed by atoms with van der Waals surface area (Å²) in [4.78, 5) is 24.5. The summed E-state index contributed by atoms with van der Waals surface area (Å²) in [7, 11) is 0. The van der Waals surface area contributed by atoms with Crippen molar-refractivity contribution in [2.75, 3.05) is 11.9 Å². The van der Waals surface area contributed by atoms with Gasteiger partial charge in [0.25, 0.3) is 0 Å². The maximum absolute atomic E-state index is 14.4. The number of carbonyl (C=O) groups is 2. The van der Waals surface area contributed by atoms with Gasteiger partial charge < -0.3 is 10.6 Å². The first kappa shape index (κ1) is 18.8. The number of carbonyl (C=O) groups excluding carboxylic acids is 2. The monoisotopic (exact) mass is 384 g/mol. The number of halogens is 5. The number of benzene rings is 2. The third-order valence-electron chi connectivity index (χ3n) is 4.51. The molecule has 2 amide bonds. The molecule has 27 heavy (non-hydrogen) atoms. The fourth-order valence-corrected chi connectivity index (χ4v) is 3.01. The summed E-state index contributed by atoms with van der Waals surface area (Å²) in [5.74, 6) is -10.7. The molecule has 1 aliphatic heterocycles. The number of hydrogen-bond donors (Lipinski definition) is 2. The highest BCUT2D eigenvalue weighted by atomic mass is 19.2. The Labute approximate surface area is 150 Å². The van der Waals surface area contributed by atoms with Crippen LogP contribution in [0.2, 0.25) is 0 Å². The molecule has 2 atom stereocenters. The number of rotatable bonds is 3. The van der Waals surface area contributed by atoms with Gasteiger partial charge in [0.05, 0.1) is 5.69 Å². The smallest absolute Gasteiger partial charge is 0.237 e. The highest BCUT2D eigenvalue weighted by Crippen LogP contribution is 2.33. The van der Waals surface area contributed by atoms with Crippen molar-refractivity contribution >= 4 is 17.5 Å². The van der Waals surface area contributed by atoms with Crippen molar-refractivity contribution in [2.45, 2.75) is 12.8 Å². The van der Waals surface area contributed by atoms with Gasteiger partial charge in [-0.15, -0.1) is 0 Å². The average molecular weight is 384 g/mol. The van der Waals surface area contributed by atoms with Crippen LogP contribution < -0.4 is 10.6 Å². The normalized spacial score (nSPS) is 19.1. The number of amides is 2. The van der Waals surface area contributed by atoms with Crippen LogP contribution in [0.4, 0.5) is 27.6 Å². The summed E-state index contributed by atoms with van der Waals surface area (Å²) in [6.45, 7) is 1.11. The van der Waals surface area contributed by atoms with Crippen LogP contribution in [-0.4, -0.2) is 18.4 Å². The molecule has 2 N–H and O–H groups in total. The Hall–Kier alpha value is -2.97. The zero-order chi connectivity index (χ0) is 19.9. The first-order valence-electron chi connectivity index (χ1n) is 7.89. The second kappa shape index (κ2) is 6.98. The molecule has 1 saturated heterocycles. The standard InChI is InChI=1S/C18H13F5N2O2/c1-7-10(19)3-2-8(14(7)21)9-6-24-17(26)13(9)18(27)25-12-5-4-11(20)15(22)16(12)23/h2-5,9,13H,6H2,1H3,(H,24,26)(H,25,27)/t9-,13-/m1/s1. The van der Waals surface area contributed by atoms with Crippen molar-refractivity contribution in [2.24, 2.45) is 5.92 Å². The van der Waals surface area contributed by atoms with Gasteiger partial charge in [0, 0.05) is 18.0 Å². The predicted molar refractivity (Wildman–Crippen MR) is 85.3 cm³/mol. The van der Waals surface area contributed by atoms with Gasteiger partial charge in [-0.25, -0.2) is 22.0 Å². The summed E-state index contributed by atoms with van der Waals surface area (Å²) in [6.07, 6.45) is 0. The molecule has 1 heterocycles. The van der Waals surface area contributed by atoms with E-state index in [1.54, 1.807) is 0 Å². The van der Waals surface area contributed by atoms with Gasteiger partial charge in [-0.3, -0.25) is 9.59 Å². The Kier molecular flexibility index (Phi) is 4.86. The summed E-state index contributed by atoms with van der Waals surface area (Å²) in [5.41, 5.74) is -0.982. The summed E-state index contributed by atoms with van der Waals surface area (Å²) in [5, 5.41) is 4.41. The van der Waals surface area contributed by atoms with Gasteiger partial charge in [-0.1, -0.05) is 6.07 Å². The Morgan fingerprint density at radius 2 is 1.67 bits per heavy atom. The summed E-state index contributed by atoms with van der Waals surface area (Å²) < 4.78 is 67.9. The second-order valence-electron chi connectivity index (χ2n) is 6.12. The van der Waals surface area contributed by atoms with Gasteiger partial charge in [0.1, 0.15) is 17.6 Å². The zero-order valence-electron chi connectivity index (χ0n) is 13.9. The fraction of sp³-hybridized carbons (Fsp3) is 0.222. The average Bonchev–Trinajstić information content (AvgIpc) is 3.01. The molecule has 1 aliphatic rings. The first-order valence-corrected chi connectivity index (χ1v) is 7.89. The first-order chi connectivity index (χ1) is 12.7. The number of nitrogens with one attached hydrogen (secondary N) is 2. The summed E-state index contributed by atoms with van der Waals surface area (Å²) in [6, 6.07) is 3.56. The third-order valence-corrected chi connectivity index (χ3v) is 4.51. The Morgan fingerprint density at radius 3 is 2.37 bits per heavy atom. The number of anilines is 1. The summed E-state index contributed by atoms with van der Waals surface area (Å²) >= 11 is 0. The lowest BCUT2D eigenvalue weighted by atomic mass is 9.86. The molecular formula is C18H13F5N2O2. The highest BCUT2D eigenvalue weighted by Gasteiger charge is 2.42. The van der Waals surface area contributed by atoms with Crippen molar-refractivity contribution < 1.29 is 31.5 Å². The van der Waals surface area contributed by atoms with Crippen LogP contribution in [0.1, 0.15) is 17.0 Å². The molecule has 1 fully saturated rings. The van der Waals surface area contributed by atoms with Crippen LogP contribution in [0.5, 0.6) is 0 Å². The molecule has 4 nitrogen and oxygen atoms in total. The largest absolute Gasteiger partial charge is 0.355 e. The molecule has 142 valence electrons. The van der Waals surface area contributed by atoms with Crippen molar-refractivity contribution in [1.29, 1.82) is 0 Å². The highest BCUT2D eigenvalue weighted by molar-refractivity contribution is 6.08. The van der Waals surface area contributed by atoms with E-state index in [4.69, 9.17) is 0 Å². The van der Waals surface area contributed by atoms with E-state index in [1.807, 2.05) is 5.32 Å². The van der Waals surface area contributed by atoms with Gasteiger partial charge in [-0.05, 0) is 30.7 Å². The SMILES string of the molecule is Cc1c(F)ccc([C@H]2CNC(=O)[C@@H]2C(=O)Nc2ccc(F)c(F)c2F)c1F. The lowest BCUT2D eigenvalue weighted by Crippen LogP contribution is -2.32. The molecule has 0 spiro atoms. The van der Waals surface area contributed by atoms with Gasteiger partial charge in [0.15, 0.2) is 17.5 Å². The van der Waals surface area contributed by atoms with Crippen LogP contribution in [-0.2, 0) is 9.59 Å². The molecule has 0 unspecified atom stereocenters. The molecule has 2 aromatic rings. The van der Waals surface area contributed by atoms with Crippen LogP contribution in [0.15, 0.2) is 24.3 Å². The topological polar surface area (TPSA) is 58.2 Å². The molecule has 0 bridgehead atoms. The number of hydrogen-bond acceptors (Lipinski definition) is 2. The van der Waals surface area contributed by atoms with E-state index in [0.717, 1.165) is 18.2 Å². The maximum Gasteiger partial charge on any atom is 0.237 e. The lowest BCUT2D eigenvalue weighted by Gasteiger charge is -2.19. The maximum atomic E-state index is 14.4. The quantitative estimate of drug-likeness (QED) is 0.485. The molecular weight excluding hydrogens is 371 g/mol. The predicted octanol–water partition coefficient (Wildman–Crippen LogP) is 3.16. The Bertz CT molecular complexity index is 948.